The van der Waals surface area contributed by atoms with Crippen LogP contribution in [0.2, 0.25) is 0 Å². The molecule has 10 heteroatoms. The first-order chi connectivity index (χ1) is 15.5. The van der Waals surface area contributed by atoms with Gasteiger partial charge in [0, 0.05) is 31.6 Å². The summed E-state index contributed by atoms with van der Waals surface area (Å²) in [7, 11) is 1.61. The molecule has 10 nitrogen and oxygen atoms in total. The van der Waals surface area contributed by atoms with E-state index in [1.807, 2.05) is 54.1 Å². The van der Waals surface area contributed by atoms with Gasteiger partial charge in [-0.1, -0.05) is 12.1 Å². The molecule has 0 bridgehead atoms. The average Bonchev–Trinajstić information content (AvgIpc) is 3.44. The molecule has 1 N–H and O–H groups in total. The van der Waals surface area contributed by atoms with Crippen molar-refractivity contribution in [2.75, 3.05) is 7.11 Å². The van der Waals surface area contributed by atoms with Crippen LogP contribution in [0.5, 0.6) is 5.75 Å². The summed E-state index contributed by atoms with van der Waals surface area (Å²) in [6.07, 6.45) is 5.72. The quantitative estimate of drug-likeness (QED) is 0.453. The zero-order valence-electron chi connectivity index (χ0n) is 18.1. The molecule has 0 fully saturated rings. The van der Waals surface area contributed by atoms with Gasteiger partial charge in [-0.15, -0.1) is 5.10 Å². The maximum Gasteiger partial charge on any atom is 0.245 e. The van der Waals surface area contributed by atoms with Crippen molar-refractivity contribution in [3.63, 3.8) is 0 Å². The number of tetrazole rings is 1. The van der Waals surface area contributed by atoms with Crippen LogP contribution in [0.3, 0.4) is 0 Å². The number of methoxy groups -OCH3 is 1. The highest BCUT2D eigenvalue weighted by Gasteiger charge is 2.24. The summed E-state index contributed by atoms with van der Waals surface area (Å²) >= 11 is 0. The molecule has 1 atom stereocenters. The smallest absolute Gasteiger partial charge is 0.245 e. The molecule has 0 radical (unpaired) electrons. The van der Waals surface area contributed by atoms with Crippen LogP contribution in [0, 0.1) is 13.8 Å². The molecule has 0 unspecified atom stereocenters. The van der Waals surface area contributed by atoms with Gasteiger partial charge in [0.2, 0.25) is 5.91 Å². The van der Waals surface area contributed by atoms with Gasteiger partial charge in [-0.05, 0) is 59.7 Å². The van der Waals surface area contributed by atoms with Crippen molar-refractivity contribution < 1.29 is 9.53 Å². The number of aryl methyl sites for hydroxylation is 2. The number of ether oxygens (including phenoxy) is 1. The Morgan fingerprint density at radius 3 is 2.69 bits per heavy atom. The number of carbonyl (C=O) groups excluding carboxylic acids is 1. The minimum absolute atomic E-state index is 0.180. The summed E-state index contributed by atoms with van der Waals surface area (Å²) in [5, 5.41) is 14.7. The summed E-state index contributed by atoms with van der Waals surface area (Å²) in [6, 6.07) is 10.8. The van der Waals surface area contributed by atoms with E-state index >= 15 is 0 Å². The highest BCUT2D eigenvalue weighted by molar-refractivity contribution is 5.80. The largest absolute Gasteiger partial charge is 0.497 e. The number of hydrogen-bond donors (Lipinski definition) is 1. The molecule has 1 amide bonds. The predicted molar refractivity (Wildman–Crippen MR) is 116 cm³/mol. The van der Waals surface area contributed by atoms with Crippen molar-refractivity contribution in [3.8, 4) is 11.6 Å². The molecule has 32 heavy (non-hydrogen) atoms. The third kappa shape index (κ3) is 4.64. The Bertz CT molecular complexity index is 1220. The van der Waals surface area contributed by atoms with Crippen molar-refractivity contribution in [2.24, 2.45) is 0 Å². The van der Waals surface area contributed by atoms with Gasteiger partial charge < -0.3 is 10.1 Å². The Balaban J connectivity index is 1.52. The predicted octanol–water partition coefficient (Wildman–Crippen LogP) is 1.98. The summed E-state index contributed by atoms with van der Waals surface area (Å²) in [4.78, 5) is 21.8. The Kier molecular flexibility index (Phi) is 6.20. The monoisotopic (exact) mass is 432 g/mol. The number of aromatic nitrogens is 7. The summed E-state index contributed by atoms with van der Waals surface area (Å²) in [5.41, 5.74) is 1.87. The van der Waals surface area contributed by atoms with E-state index in [1.165, 1.54) is 0 Å². The molecule has 3 aromatic heterocycles. The minimum atomic E-state index is -0.602. The molecule has 0 aliphatic carbocycles. The topological polar surface area (TPSA) is 113 Å². The van der Waals surface area contributed by atoms with Gasteiger partial charge in [-0.3, -0.25) is 9.36 Å². The van der Waals surface area contributed by atoms with E-state index in [2.05, 4.69) is 30.8 Å². The first-order valence-electron chi connectivity index (χ1n) is 10.2. The second-order valence-electron chi connectivity index (χ2n) is 7.33. The fourth-order valence-corrected chi connectivity index (χ4v) is 3.47. The fourth-order valence-electron chi connectivity index (χ4n) is 3.47. The number of carbonyl (C=O) groups is 1. The van der Waals surface area contributed by atoms with Crippen LogP contribution in [0.1, 0.15) is 28.8 Å². The van der Waals surface area contributed by atoms with Gasteiger partial charge in [0.25, 0.3) is 0 Å². The van der Waals surface area contributed by atoms with E-state index < -0.39 is 6.04 Å². The van der Waals surface area contributed by atoms with Crippen molar-refractivity contribution in [3.05, 3.63) is 77.8 Å². The van der Waals surface area contributed by atoms with E-state index in [-0.39, 0.29) is 5.91 Å². The maximum atomic E-state index is 13.2. The third-order valence-electron chi connectivity index (χ3n) is 5.17. The first-order valence-corrected chi connectivity index (χ1v) is 10.2. The average molecular weight is 432 g/mol. The van der Waals surface area contributed by atoms with E-state index in [0.717, 1.165) is 28.5 Å². The van der Waals surface area contributed by atoms with Crippen LogP contribution in [-0.4, -0.2) is 47.8 Å². The lowest BCUT2D eigenvalue weighted by atomic mass is 10.0. The highest BCUT2D eigenvalue weighted by atomic mass is 16.5. The maximum absolute atomic E-state index is 13.2. The first kappa shape index (κ1) is 21.2. The van der Waals surface area contributed by atoms with Gasteiger partial charge in [0.1, 0.15) is 29.3 Å². The van der Waals surface area contributed by atoms with E-state index in [4.69, 9.17) is 4.74 Å². The molecule has 1 aromatic carbocycles. The van der Waals surface area contributed by atoms with Gasteiger partial charge in [-0.2, -0.15) is 0 Å². The third-order valence-corrected chi connectivity index (χ3v) is 5.17. The second kappa shape index (κ2) is 9.38. The van der Waals surface area contributed by atoms with Crippen molar-refractivity contribution in [1.82, 2.24) is 40.1 Å². The number of benzene rings is 1. The van der Waals surface area contributed by atoms with Crippen LogP contribution in [0.15, 0.2) is 55.0 Å². The molecular formula is C22H24N8O2. The minimum Gasteiger partial charge on any atom is -0.497 e. The number of imidazole rings is 1. The van der Waals surface area contributed by atoms with Crippen molar-refractivity contribution in [1.29, 1.82) is 0 Å². The molecular weight excluding hydrogens is 408 g/mol. The molecule has 0 saturated carbocycles. The summed E-state index contributed by atoms with van der Waals surface area (Å²) in [6.45, 7) is 4.03. The van der Waals surface area contributed by atoms with Gasteiger partial charge in [0.15, 0.2) is 0 Å². The molecule has 0 aliphatic rings. The van der Waals surface area contributed by atoms with Crippen LogP contribution in [0.4, 0.5) is 0 Å². The van der Waals surface area contributed by atoms with E-state index in [0.29, 0.717) is 18.8 Å². The number of nitrogens with zero attached hydrogens (tertiary/aromatic N) is 7. The van der Waals surface area contributed by atoms with Crippen LogP contribution in [-0.2, 0) is 17.8 Å². The fraction of sp³-hybridized carbons (Fsp3) is 0.273. The van der Waals surface area contributed by atoms with E-state index in [9.17, 15) is 4.79 Å². The van der Waals surface area contributed by atoms with Crippen molar-refractivity contribution >= 4 is 5.91 Å². The van der Waals surface area contributed by atoms with E-state index in [1.54, 1.807) is 31.1 Å². The van der Waals surface area contributed by atoms with Crippen molar-refractivity contribution in [2.45, 2.75) is 32.9 Å². The number of pyridine rings is 1. The molecule has 3 heterocycles. The molecule has 0 aliphatic heterocycles. The lowest BCUT2D eigenvalue weighted by molar-refractivity contribution is -0.124. The number of rotatable bonds is 8. The molecule has 4 rings (SSSR count). The summed E-state index contributed by atoms with van der Waals surface area (Å²) < 4.78 is 8.74. The zero-order chi connectivity index (χ0) is 22.5. The Morgan fingerprint density at radius 1 is 1.09 bits per heavy atom. The lowest BCUT2D eigenvalue weighted by Crippen LogP contribution is -2.34. The van der Waals surface area contributed by atoms with Gasteiger partial charge in [-0.25, -0.2) is 14.6 Å². The number of hydrogen-bond acceptors (Lipinski definition) is 7. The second-order valence-corrected chi connectivity index (χ2v) is 7.33. The van der Waals surface area contributed by atoms with Crippen LogP contribution < -0.4 is 10.1 Å². The molecule has 164 valence electrons. The Hall–Kier alpha value is -4.08. The SMILES string of the molecule is COc1cccc(C[C@H](C(=O)NCc2ccnc(-n3ccnc3C)c2)n2nnnc2C)c1. The van der Waals surface area contributed by atoms with Gasteiger partial charge in [0.05, 0.1) is 7.11 Å². The Morgan fingerprint density at radius 2 is 1.97 bits per heavy atom. The standard InChI is InChI=1S/C22H24N8O2/c1-15-23-9-10-29(15)21-13-18(7-8-24-21)14-25-22(31)20(30-16(2)26-27-28-30)12-17-5-4-6-19(11-17)32-3/h4-11,13,20H,12,14H2,1-3H3,(H,25,31)/t20-/m1/s1. The van der Waals surface area contributed by atoms with Crippen LogP contribution in [0.25, 0.3) is 5.82 Å². The molecule has 0 spiro atoms. The normalized spacial score (nSPS) is 11.8. The van der Waals surface area contributed by atoms with Crippen LogP contribution >= 0.6 is 0 Å². The number of nitrogens with one attached hydrogen (secondary N) is 1. The number of amides is 1. The van der Waals surface area contributed by atoms with Gasteiger partial charge >= 0.3 is 0 Å². The summed E-state index contributed by atoms with van der Waals surface area (Å²) in [5.74, 6) is 2.70. The lowest BCUT2D eigenvalue weighted by Gasteiger charge is -2.18. The molecule has 4 aromatic rings. The highest BCUT2D eigenvalue weighted by Crippen LogP contribution is 2.19. The molecule has 0 saturated heterocycles. The zero-order valence-corrected chi connectivity index (χ0v) is 18.1. The Labute approximate surface area is 185 Å².